The van der Waals surface area contributed by atoms with Gasteiger partial charge < -0.3 is 19.9 Å². The van der Waals surface area contributed by atoms with Crippen LogP contribution in [0.1, 0.15) is 38.3 Å². The molecule has 0 aliphatic heterocycles. The number of carbonyl (C=O) groups is 2. The van der Waals surface area contributed by atoms with Crippen LogP contribution in [0.5, 0.6) is 0 Å². The van der Waals surface area contributed by atoms with Gasteiger partial charge in [0.25, 0.3) is 0 Å². The Bertz CT molecular complexity index is 1560. The number of hydrogen-bond acceptors (Lipinski definition) is 7. The molecule has 1 amide bonds. The zero-order valence-corrected chi connectivity index (χ0v) is 24.3. The number of nitrogens with one attached hydrogen (secondary N) is 1. The van der Waals surface area contributed by atoms with Crippen molar-refractivity contribution in [3.8, 4) is 95.4 Å². The predicted molar refractivity (Wildman–Crippen MR) is 161 cm³/mol. The van der Waals surface area contributed by atoms with Gasteiger partial charge in [-0.05, 0) is 86.9 Å². The smallest absolute Gasteiger partial charge is 0.399 e. The summed E-state index contributed by atoms with van der Waals surface area (Å²) < 4.78 is 19.1. The highest BCUT2D eigenvalue weighted by molar-refractivity contribution is 5.69. The van der Waals surface area contributed by atoms with Gasteiger partial charge in [0.15, 0.2) is 0 Å². The first-order chi connectivity index (χ1) is 21.0. The third-order valence-corrected chi connectivity index (χ3v) is 5.06. The van der Waals surface area contributed by atoms with Crippen molar-refractivity contribution in [2.75, 3.05) is 46.3 Å². The van der Waals surface area contributed by atoms with Crippen molar-refractivity contribution in [3.05, 3.63) is 11.9 Å². The maximum absolute atomic E-state index is 12.5. The van der Waals surface area contributed by atoms with E-state index in [4.69, 9.17) is 11.2 Å². The third-order valence-electron chi connectivity index (χ3n) is 5.06. The minimum absolute atomic E-state index is 0.00991. The van der Waals surface area contributed by atoms with E-state index in [0.29, 0.717) is 31.7 Å². The SMILES string of the molecule is C#CC#CC#CC#CC#CC#CC#CC#Cn1cc(COC(=O)CCN(CCC)CCCNCCCN(C)C(=O)F)nn1. The van der Waals surface area contributed by atoms with Crippen LogP contribution in [0.3, 0.4) is 0 Å². The van der Waals surface area contributed by atoms with Gasteiger partial charge in [-0.1, -0.05) is 12.1 Å². The summed E-state index contributed by atoms with van der Waals surface area (Å²) in [6.07, 6.45) is 7.89. The summed E-state index contributed by atoms with van der Waals surface area (Å²) in [4.78, 5) is 26.1. The molecular formula is C33H31FN6O3. The first-order valence-electron chi connectivity index (χ1n) is 13.3. The van der Waals surface area contributed by atoms with Crippen molar-refractivity contribution >= 4 is 12.1 Å². The number of amides is 1. The Balaban J connectivity index is 2.34. The number of rotatable bonds is 15. The number of esters is 1. The Morgan fingerprint density at radius 3 is 2.07 bits per heavy atom. The molecule has 10 heteroatoms. The Hall–Kier alpha value is -5.59. The van der Waals surface area contributed by atoms with Crippen molar-refractivity contribution in [2.24, 2.45) is 0 Å². The van der Waals surface area contributed by atoms with Crippen LogP contribution < -0.4 is 5.32 Å². The molecule has 9 nitrogen and oxygen atoms in total. The van der Waals surface area contributed by atoms with E-state index < -0.39 is 6.16 Å². The Morgan fingerprint density at radius 2 is 1.49 bits per heavy atom. The minimum Gasteiger partial charge on any atom is -0.459 e. The molecule has 0 aliphatic rings. The molecule has 0 bridgehead atoms. The molecule has 1 aromatic rings. The Kier molecular flexibility index (Phi) is 20.0. The third kappa shape index (κ3) is 20.0. The fraction of sp³-hybridized carbons (Fsp3) is 0.394. The van der Waals surface area contributed by atoms with E-state index in [1.807, 2.05) is 0 Å². The first kappa shape index (κ1) is 35.4. The zero-order valence-electron chi connectivity index (χ0n) is 24.3. The normalized spacial score (nSPS) is 8.53. The van der Waals surface area contributed by atoms with Gasteiger partial charge in [0.1, 0.15) is 12.3 Å². The van der Waals surface area contributed by atoms with Crippen molar-refractivity contribution < 1.29 is 18.7 Å². The molecule has 1 rings (SSSR count). The summed E-state index contributed by atoms with van der Waals surface area (Å²) >= 11 is 0. The van der Waals surface area contributed by atoms with Gasteiger partial charge in [-0.25, -0.2) is 4.79 Å². The van der Waals surface area contributed by atoms with Crippen molar-refractivity contribution in [1.29, 1.82) is 0 Å². The molecule has 218 valence electrons. The van der Waals surface area contributed by atoms with E-state index >= 15 is 0 Å². The van der Waals surface area contributed by atoms with Crippen LogP contribution in [0.25, 0.3) is 0 Å². The Morgan fingerprint density at radius 1 is 0.907 bits per heavy atom. The highest BCUT2D eigenvalue weighted by Crippen LogP contribution is 2.01. The highest BCUT2D eigenvalue weighted by atomic mass is 19.1. The second-order valence-electron chi connectivity index (χ2n) is 8.42. The summed E-state index contributed by atoms with van der Waals surface area (Å²) in [6, 6.07) is 2.66. The monoisotopic (exact) mass is 578 g/mol. The molecule has 0 fully saturated rings. The lowest BCUT2D eigenvalue weighted by molar-refractivity contribution is -0.145. The summed E-state index contributed by atoms with van der Waals surface area (Å²) in [7, 11) is 1.43. The van der Waals surface area contributed by atoms with Crippen LogP contribution in [0, 0.1) is 95.4 Å². The van der Waals surface area contributed by atoms with Gasteiger partial charge in [-0.15, -0.1) is 15.9 Å². The predicted octanol–water partition coefficient (Wildman–Crippen LogP) is 1.28. The van der Waals surface area contributed by atoms with Crippen LogP contribution >= 0.6 is 0 Å². The van der Waals surface area contributed by atoms with Gasteiger partial charge >= 0.3 is 12.1 Å². The van der Waals surface area contributed by atoms with Gasteiger partial charge in [0.05, 0.1) is 18.7 Å². The second-order valence-corrected chi connectivity index (χ2v) is 8.42. The molecule has 1 heterocycles. The maximum Gasteiger partial charge on any atom is 0.399 e. The molecule has 43 heavy (non-hydrogen) atoms. The number of hydrogen-bond donors (Lipinski definition) is 1. The lowest BCUT2D eigenvalue weighted by Crippen LogP contribution is -2.31. The molecule has 0 atom stereocenters. The van der Waals surface area contributed by atoms with Crippen LogP contribution in [0.15, 0.2) is 6.20 Å². The van der Waals surface area contributed by atoms with Crippen LogP contribution in [0.2, 0.25) is 0 Å². The van der Waals surface area contributed by atoms with Gasteiger partial charge in [-0.3, -0.25) is 4.79 Å². The molecule has 0 saturated carbocycles. The van der Waals surface area contributed by atoms with Crippen LogP contribution in [0.4, 0.5) is 9.18 Å². The number of halogens is 1. The molecule has 1 aromatic heterocycles. The van der Waals surface area contributed by atoms with Crippen molar-refractivity contribution in [2.45, 2.75) is 39.2 Å². The molecular weight excluding hydrogens is 547 g/mol. The number of ether oxygens (including phenoxy) is 1. The minimum atomic E-state index is -1.42. The maximum atomic E-state index is 12.5. The fourth-order valence-electron chi connectivity index (χ4n) is 3.09. The lowest BCUT2D eigenvalue weighted by Gasteiger charge is -2.21. The molecule has 0 saturated heterocycles. The molecule has 0 spiro atoms. The summed E-state index contributed by atoms with van der Waals surface area (Å²) in [6.45, 7) is 6.25. The fourth-order valence-corrected chi connectivity index (χ4v) is 3.09. The molecule has 1 N–H and O–H groups in total. The van der Waals surface area contributed by atoms with Gasteiger partial charge in [0.2, 0.25) is 0 Å². The molecule has 0 aliphatic carbocycles. The van der Waals surface area contributed by atoms with E-state index in [9.17, 15) is 14.0 Å². The van der Waals surface area contributed by atoms with Crippen molar-refractivity contribution in [3.63, 3.8) is 0 Å². The van der Waals surface area contributed by atoms with Crippen LogP contribution in [-0.2, 0) is 16.1 Å². The largest absolute Gasteiger partial charge is 0.459 e. The van der Waals surface area contributed by atoms with E-state index in [2.05, 4.69) is 116 Å². The number of terminal acetylenes is 1. The quantitative estimate of drug-likeness (QED) is 0.110. The standard InChI is InChI=1S/C33H31FN6O3/c1-4-6-7-8-9-10-11-12-13-14-15-16-17-18-27-40-29-31(36-37-40)30-43-32(41)21-28-39(24-5-2)26-20-23-35-22-19-25-38(3)33(34)42/h1,29,35H,5,19-26,28,30H2,2-3H3. The summed E-state index contributed by atoms with van der Waals surface area (Å²) in [5, 5.41) is 11.1. The van der Waals surface area contributed by atoms with E-state index in [1.165, 1.54) is 11.7 Å². The Labute approximate surface area is 253 Å². The van der Waals surface area contributed by atoms with Crippen molar-refractivity contribution in [1.82, 2.24) is 30.1 Å². The molecule has 0 aromatic carbocycles. The van der Waals surface area contributed by atoms with E-state index in [0.717, 1.165) is 37.4 Å². The van der Waals surface area contributed by atoms with Crippen LogP contribution in [-0.4, -0.2) is 83.2 Å². The van der Waals surface area contributed by atoms with E-state index in [-0.39, 0.29) is 19.0 Å². The molecule has 0 unspecified atom stereocenters. The van der Waals surface area contributed by atoms with E-state index in [1.54, 1.807) is 6.20 Å². The number of aromatic nitrogens is 3. The highest BCUT2D eigenvalue weighted by Gasteiger charge is 2.10. The number of nitrogens with zero attached hydrogens (tertiary/aromatic N) is 5. The lowest BCUT2D eigenvalue weighted by atomic mass is 10.3. The molecule has 0 radical (unpaired) electrons. The topological polar surface area (TPSA) is 92.6 Å². The average molecular weight is 579 g/mol. The first-order valence-corrected chi connectivity index (χ1v) is 13.3. The number of carbonyl (C=O) groups excluding carboxylic acids is 2. The van der Waals surface area contributed by atoms with Gasteiger partial charge in [0, 0.05) is 61.6 Å². The summed E-state index contributed by atoms with van der Waals surface area (Å²) in [5.41, 5.74) is 0.457. The van der Waals surface area contributed by atoms with Gasteiger partial charge in [-0.2, -0.15) is 4.68 Å². The second kappa shape index (κ2) is 24.2. The average Bonchev–Trinajstić information content (AvgIpc) is 3.45. The zero-order chi connectivity index (χ0) is 31.4. The summed E-state index contributed by atoms with van der Waals surface area (Å²) in [5.74, 6) is 34.1.